The smallest absolute Gasteiger partial charge is 0.208 e. The van der Waals surface area contributed by atoms with Gasteiger partial charge in [0.05, 0.1) is 6.26 Å². The summed E-state index contributed by atoms with van der Waals surface area (Å²) in [4.78, 5) is 0. The second-order valence-electron chi connectivity index (χ2n) is 5.77. The summed E-state index contributed by atoms with van der Waals surface area (Å²) in [5, 5.41) is 3.60. The molecule has 2 atom stereocenters. The lowest BCUT2D eigenvalue weighted by molar-refractivity contribution is 0.206. The van der Waals surface area contributed by atoms with Gasteiger partial charge in [-0.1, -0.05) is 26.7 Å². The molecule has 0 radical (unpaired) electrons. The summed E-state index contributed by atoms with van der Waals surface area (Å²) in [6.45, 7) is 6.03. The molecule has 1 aliphatic rings. The van der Waals surface area contributed by atoms with Gasteiger partial charge in [0.2, 0.25) is 10.0 Å². The average molecular weight is 276 g/mol. The first-order valence-corrected chi connectivity index (χ1v) is 8.97. The Bertz CT molecular complexity index is 328. The Labute approximate surface area is 112 Å². The van der Waals surface area contributed by atoms with Crippen LogP contribution in [0.3, 0.4) is 0 Å². The number of nitrogens with one attached hydrogen (secondary N) is 2. The third-order valence-electron chi connectivity index (χ3n) is 3.80. The summed E-state index contributed by atoms with van der Waals surface area (Å²) in [5.74, 6) is 1.51. The van der Waals surface area contributed by atoms with Crippen molar-refractivity contribution in [2.75, 3.05) is 19.3 Å². The van der Waals surface area contributed by atoms with Gasteiger partial charge in [0, 0.05) is 12.6 Å². The van der Waals surface area contributed by atoms with Crippen molar-refractivity contribution in [2.24, 2.45) is 11.8 Å². The summed E-state index contributed by atoms with van der Waals surface area (Å²) in [6, 6.07) is 0.622. The molecule has 1 fully saturated rings. The molecule has 1 saturated carbocycles. The molecule has 108 valence electrons. The molecule has 0 amide bonds. The molecular formula is C13H28N2O2S. The molecule has 0 aliphatic heterocycles. The fourth-order valence-electron chi connectivity index (χ4n) is 2.84. The summed E-state index contributed by atoms with van der Waals surface area (Å²) >= 11 is 0. The van der Waals surface area contributed by atoms with Gasteiger partial charge in [0.1, 0.15) is 0 Å². The zero-order valence-corrected chi connectivity index (χ0v) is 12.7. The summed E-state index contributed by atoms with van der Waals surface area (Å²) in [6.07, 6.45) is 7.34. The Hall–Kier alpha value is -0.130. The van der Waals surface area contributed by atoms with Gasteiger partial charge in [-0.2, -0.15) is 0 Å². The first-order valence-electron chi connectivity index (χ1n) is 7.08. The minimum absolute atomic E-state index is 0.533. The zero-order valence-electron chi connectivity index (χ0n) is 11.9. The van der Waals surface area contributed by atoms with Gasteiger partial charge in [0.15, 0.2) is 0 Å². The second-order valence-corrected chi connectivity index (χ2v) is 7.61. The molecule has 0 aromatic heterocycles. The molecular weight excluding hydrogens is 248 g/mol. The Morgan fingerprint density at radius 3 is 2.44 bits per heavy atom. The number of rotatable bonds is 7. The fraction of sp³-hybridized carbons (Fsp3) is 1.00. The van der Waals surface area contributed by atoms with Crippen molar-refractivity contribution in [2.45, 2.75) is 52.0 Å². The highest BCUT2D eigenvalue weighted by Gasteiger charge is 2.26. The van der Waals surface area contributed by atoms with Crippen LogP contribution < -0.4 is 10.0 Å². The van der Waals surface area contributed by atoms with Crippen LogP contribution in [0.1, 0.15) is 46.0 Å². The van der Waals surface area contributed by atoms with Crippen LogP contribution in [0.15, 0.2) is 0 Å². The van der Waals surface area contributed by atoms with E-state index >= 15 is 0 Å². The molecule has 18 heavy (non-hydrogen) atoms. The molecule has 0 saturated heterocycles. The highest BCUT2D eigenvalue weighted by molar-refractivity contribution is 7.88. The highest BCUT2D eigenvalue weighted by atomic mass is 32.2. The molecule has 0 heterocycles. The highest BCUT2D eigenvalue weighted by Crippen LogP contribution is 2.29. The van der Waals surface area contributed by atoms with Crippen LogP contribution in [-0.4, -0.2) is 33.8 Å². The summed E-state index contributed by atoms with van der Waals surface area (Å²) in [7, 11) is -3.03. The van der Waals surface area contributed by atoms with E-state index < -0.39 is 10.0 Å². The van der Waals surface area contributed by atoms with Gasteiger partial charge in [0.25, 0.3) is 0 Å². The Kier molecular flexibility index (Phi) is 6.60. The third-order valence-corrected chi connectivity index (χ3v) is 4.53. The van der Waals surface area contributed by atoms with Crippen molar-refractivity contribution in [1.82, 2.24) is 10.0 Å². The number of sulfonamides is 1. The lowest BCUT2D eigenvalue weighted by atomic mass is 9.78. The zero-order chi connectivity index (χ0) is 13.6. The van der Waals surface area contributed by atoms with Crippen LogP contribution in [0.2, 0.25) is 0 Å². The SMILES string of the molecule is CC(C)C1CCCCC1NCCCNS(C)(=O)=O. The van der Waals surface area contributed by atoms with Crippen LogP contribution in [0.25, 0.3) is 0 Å². The lowest BCUT2D eigenvalue weighted by Crippen LogP contribution is -2.41. The van der Waals surface area contributed by atoms with E-state index in [1.165, 1.54) is 31.9 Å². The molecule has 4 nitrogen and oxygen atoms in total. The van der Waals surface area contributed by atoms with Crippen molar-refractivity contribution in [3.05, 3.63) is 0 Å². The second kappa shape index (κ2) is 7.46. The van der Waals surface area contributed by atoms with Gasteiger partial charge in [-0.15, -0.1) is 0 Å². The van der Waals surface area contributed by atoms with E-state index in [9.17, 15) is 8.42 Å². The van der Waals surface area contributed by atoms with Gasteiger partial charge in [-0.3, -0.25) is 0 Å². The van der Waals surface area contributed by atoms with E-state index in [4.69, 9.17) is 0 Å². The first kappa shape index (κ1) is 15.9. The maximum Gasteiger partial charge on any atom is 0.208 e. The van der Waals surface area contributed by atoms with E-state index in [0.717, 1.165) is 24.8 Å². The van der Waals surface area contributed by atoms with E-state index in [1.54, 1.807) is 0 Å². The van der Waals surface area contributed by atoms with E-state index in [-0.39, 0.29) is 0 Å². The summed E-state index contributed by atoms with van der Waals surface area (Å²) < 4.78 is 24.3. The molecule has 2 N–H and O–H groups in total. The molecule has 5 heteroatoms. The predicted octanol–water partition coefficient (Wildman–Crippen LogP) is 1.73. The maximum atomic E-state index is 10.9. The Balaban J connectivity index is 2.20. The third kappa shape index (κ3) is 6.16. The van der Waals surface area contributed by atoms with E-state index in [1.807, 2.05) is 0 Å². The van der Waals surface area contributed by atoms with Crippen LogP contribution >= 0.6 is 0 Å². The number of hydrogen-bond donors (Lipinski definition) is 2. The van der Waals surface area contributed by atoms with Crippen molar-refractivity contribution >= 4 is 10.0 Å². The van der Waals surface area contributed by atoms with Crippen LogP contribution in [0.5, 0.6) is 0 Å². The molecule has 0 bridgehead atoms. The van der Waals surface area contributed by atoms with Crippen LogP contribution in [0, 0.1) is 11.8 Å². The van der Waals surface area contributed by atoms with Gasteiger partial charge in [-0.05, 0) is 37.6 Å². The van der Waals surface area contributed by atoms with Crippen molar-refractivity contribution in [1.29, 1.82) is 0 Å². The largest absolute Gasteiger partial charge is 0.314 e. The standard InChI is InChI=1S/C13H28N2O2S/c1-11(2)12-7-4-5-8-13(12)14-9-6-10-15-18(3,16)17/h11-15H,4-10H2,1-3H3. The Morgan fingerprint density at radius 2 is 1.83 bits per heavy atom. The first-order chi connectivity index (χ1) is 8.40. The van der Waals surface area contributed by atoms with E-state index in [2.05, 4.69) is 23.9 Å². The Morgan fingerprint density at radius 1 is 1.17 bits per heavy atom. The van der Waals surface area contributed by atoms with Crippen LogP contribution in [0.4, 0.5) is 0 Å². The number of hydrogen-bond acceptors (Lipinski definition) is 3. The molecule has 1 aliphatic carbocycles. The summed E-state index contributed by atoms with van der Waals surface area (Å²) in [5.41, 5.74) is 0. The fourth-order valence-corrected chi connectivity index (χ4v) is 3.36. The lowest BCUT2D eigenvalue weighted by Gasteiger charge is -2.35. The minimum Gasteiger partial charge on any atom is -0.314 e. The molecule has 0 aromatic rings. The molecule has 1 rings (SSSR count). The van der Waals surface area contributed by atoms with Crippen LogP contribution in [-0.2, 0) is 10.0 Å². The van der Waals surface area contributed by atoms with Gasteiger partial charge >= 0.3 is 0 Å². The average Bonchev–Trinajstić information content (AvgIpc) is 2.27. The topological polar surface area (TPSA) is 58.2 Å². The monoisotopic (exact) mass is 276 g/mol. The van der Waals surface area contributed by atoms with Crippen molar-refractivity contribution < 1.29 is 8.42 Å². The van der Waals surface area contributed by atoms with Crippen molar-refractivity contribution in [3.8, 4) is 0 Å². The quantitative estimate of drug-likeness (QED) is 0.696. The molecule has 0 spiro atoms. The normalized spacial score (nSPS) is 25.6. The molecule has 0 aromatic carbocycles. The van der Waals surface area contributed by atoms with Gasteiger partial charge < -0.3 is 5.32 Å². The molecule has 2 unspecified atom stereocenters. The maximum absolute atomic E-state index is 10.9. The van der Waals surface area contributed by atoms with Crippen molar-refractivity contribution in [3.63, 3.8) is 0 Å². The van der Waals surface area contributed by atoms with Gasteiger partial charge in [-0.25, -0.2) is 13.1 Å². The minimum atomic E-state index is -3.03. The predicted molar refractivity (Wildman–Crippen MR) is 76.1 cm³/mol. The van der Waals surface area contributed by atoms with E-state index in [0.29, 0.717) is 12.6 Å².